The molecule has 0 radical (unpaired) electrons. The first kappa shape index (κ1) is 24.0. The highest BCUT2D eigenvalue weighted by atomic mass is 32.2. The molecule has 0 saturated carbocycles. The van der Waals surface area contributed by atoms with Crippen molar-refractivity contribution in [2.45, 2.75) is 31.2 Å². The van der Waals surface area contributed by atoms with E-state index in [-0.39, 0.29) is 16.6 Å². The minimum atomic E-state index is -3.32. The zero-order valence-electron chi connectivity index (χ0n) is 18.7. The third kappa shape index (κ3) is 6.20. The molecule has 0 saturated heterocycles. The molecule has 0 aliphatic heterocycles. The molecule has 0 unspecified atom stereocenters. The molecule has 0 aliphatic carbocycles. The van der Waals surface area contributed by atoms with Crippen molar-refractivity contribution in [3.63, 3.8) is 0 Å². The predicted octanol–water partition coefficient (Wildman–Crippen LogP) is 4.03. The molecule has 8 heteroatoms. The van der Waals surface area contributed by atoms with Gasteiger partial charge in [0.25, 0.3) is 11.8 Å². The van der Waals surface area contributed by atoms with Gasteiger partial charge in [-0.3, -0.25) is 9.59 Å². The molecule has 0 aliphatic rings. The van der Waals surface area contributed by atoms with Crippen molar-refractivity contribution < 1.29 is 22.4 Å². The van der Waals surface area contributed by atoms with Crippen LogP contribution in [0.3, 0.4) is 0 Å². The van der Waals surface area contributed by atoms with E-state index in [9.17, 15) is 18.0 Å². The van der Waals surface area contributed by atoms with Crippen LogP contribution in [0.15, 0.2) is 81.9 Å². The zero-order valence-corrected chi connectivity index (χ0v) is 19.5. The Balaban J connectivity index is 1.85. The van der Waals surface area contributed by atoms with Crippen LogP contribution in [-0.2, 0) is 14.6 Å². The summed E-state index contributed by atoms with van der Waals surface area (Å²) in [6.07, 6.45) is 4.64. The van der Waals surface area contributed by atoms with E-state index < -0.39 is 21.7 Å². The minimum Gasteiger partial charge on any atom is -0.465 e. The Morgan fingerprint density at radius 3 is 2.30 bits per heavy atom. The topological polar surface area (TPSA) is 105 Å². The van der Waals surface area contributed by atoms with Crippen molar-refractivity contribution in [2.75, 3.05) is 6.26 Å². The van der Waals surface area contributed by atoms with Crippen LogP contribution in [-0.4, -0.2) is 26.5 Å². The monoisotopic (exact) mass is 466 g/mol. The smallest absolute Gasteiger partial charge is 0.268 e. The number of nitrogens with one attached hydrogen (secondary N) is 2. The third-order valence-electron chi connectivity index (χ3n) is 5.14. The first-order chi connectivity index (χ1) is 15.7. The van der Waals surface area contributed by atoms with E-state index in [0.717, 1.165) is 17.4 Å². The van der Waals surface area contributed by atoms with E-state index in [4.69, 9.17) is 4.42 Å². The summed E-state index contributed by atoms with van der Waals surface area (Å²) in [6, 6.07) is 16.4. The van der Waals surface area contributed by atoms with E-state index >= 15 is 0 Å². The summed E-state index contributed by atoms with van der Waals surface area (Å²) >= 11 is 0. The lowest BCUT2D eigenvalue weighted by atomic mass is 10.0. The maximum absolute atomic E-state index is 13.2. The van der Waals surface area contributed by atoms with Gasteiger partial charge in [-0.15, -0.1) is 0 Å². The average molecular weight is 467 g/mol. The Hall–Kier alpha value is -3.65. The Bertz CT molecular complexity index is 1260. The van der Waals surface area contributed by atoms with Crippen LogP contribution in [0, 0.1) is 6.92 Å². The second kappa shape index (κ2) is 10.3. The second-order valence-electron chi connectivity index (χ2n) is 7.62. The summed E-state index contributed by atoms with van der Waals surface area (Å²) in [6.45, 7) is 3.72. The molecule has 33 heavy (non-hydrogen) atoms. The summed E-state index contributed by atoms with van der Waals surface area (Å²) in [5.74, 6) is -0.491. The molecule has 1 aromatic heterocycles. The lowest BCUT2D eigenvalue weighted by Gasteiger charge is -2.19. The van der Waals surface area contributed by atoms with Gasteiger partial charge in [-0.25, -0.2) is 8.42 Å². The largest absolute Gasteiger partial charge is 0.465 e. The SMILES string of the molecule is CC[C@H](NC(=O)/C(=C/c1ccco1)NC(=O)c1ccccc1C)c1ccc(S(C)(=O)=O)cc1. The lowest BCUT2D eigenvalue weighted by molar-refractivity contribution is -0.118. The van der Waals surface area contributed by atoms with Crippen molar-refractivity contribution in [2.24, 2.45) is 0 Å². The van der Waals surface area contributed by atoms with E-state index in [1.54, 1.807) is 36.4 Å². The molecule has 2 aromatic carbocycles. The molecule has 2 N–H and O–H groups in total. The third-order valence-corrected chi connectivity index (χ3v) is 6.26. The fraction of sp³-hybridized carbons (Fsp3) is 0.200. The van der Waals surface area contributed by atoms with Gasteiger partial charge in [0.1, 0.15) is 11.5 Å². The van der Waals surface area contributed by atoms with Gasteiger partial charge >= 0.3 is 0 Å². The second-order valence-corrected chi connectivity index (χ2v) is 9.63. The Kier molecular flexibility index (Phi) is 7.50. The van der Waals surface area contributed by atoms with Crippen molar-refractivity contribution in [1.82, 2.24) is 10.6 Å². The molecule has 0 fully saturated rings. The summed E-state index contributed by atoms with van der Waals surface area (Å²) in [5, 5.41) is 5.61. The zero-order chi connectivity index (χ0) is 24.0. The molecule has 3 rings (SSSR count). The van der Waals surface area contributed by atoms with E-state index in [2.05, 4.69) is 10.6 Å². The Morgan fingerprint density at radius 1 is 1.03 bits per heavy atom. The number of hydrogen-bond donors (Lipinski definition) is 2. The molecule has 2 amide bonds. The van der Waals surface area contributed by atoms with E-state index in [1.807, 2.05) is 26.0 Å². The van der Waals surface area contributed by atoms with Crippen LogP contribution in [0.4, 0.5) is 0 Å². The number of carbonyl (C=O) groups excluding carboxylic acids is 2. The summed E-state index contributed by atoms with van der Waals surface area (Å²) in [4.78, 5) is 26.2. The molecule has 0 bridgehead atoms. The Labute approximate surface area is 193 Å². The van der Waals surface area contributed by atoms with Gasteiger partial charge in [0.2, 0.25) is 0 Å². The van der Waals surface area contributed by atoms with Crippen molar-refractivity contribution in [1.29, 1.82) is 0 Å². The van der Waals surface area contributed by atoms with Crippen LogP contribution in [0.5, 0.6) is 0 Å². The minimum absolute atomic E-state index is 0.0319. The highest BCUT2D eigenvalue weighted by Crippen LogP contribution is 2.20. The molecular weight excluding hydrogens is 440 g/mol. The van der Waals surface area contributed by atoms with Gasteiger partial charge in [0.15, 0.2) is 9.84 Å². The molecule has 1 atom stereocenters. The van der Waals surface area contributed by atoms with Crippen LogP contribution >= 0.6 is 0 Å². The summed E-state index contributed by atoms with van der Waals surface area (Å²) in [7, 11) is -3.32. The van der Waals surface area contributed by atoms with Crippen LogP contribution < -0.4 is 10.6 Å². The number of rotatable bonds is 8. The molecule has 0 spiro atoms. The number of carbonyl (C=O) groups is 2. The van der Waals surface area contributed by atoms with E-state index in [0.29, 0.717) is 17.7 Å². The normalized spacial score (nSPS) is 12.8. The van der Waals surface area contributed by atoms with Crippen LogP contribution in [0.25, 0.3) is 6.08 Å². The van der Waals surface area contributed by atoms with E-state index in [1.165, 1.54) is 24.5 Å². The molecule has 1 heterocycles. The average Bonchev–Trinajstić information content (AvgIpc) is 3.30. The highest BCUT2D eigenvalue weighted by molar-refractivity contribution is 7.90. The standard InChI is InChI=1S/C25H26N2O5S/c1-4-22(18-11-13-20(14-12-18)33(3,30)31)26-25(29)23(16-19-9-7-15-32-19)27-24(28)21-10-6-5-8-17(21)2/h5-16,22H,4H2,1-3H3,(H,26,29)(H,27,28)/b23-16-/t22-/m0/s1. The molecule has 172 valence electrons. The molecule has 7 nitrogen and oxygen atoms in total. The number of benzene rings is 2. The maximum atomic E-state index is 13.2. The van der Waals surface area contributed by atoms with Gasteiger partial charge < -0.3 is 15.1 Å². The highest BCUT2D eigenvalue weighted by Gasteiger charge is 2.20. The Morgan fingerprint density at radius 2 is 1.73 bits per heavy atom. The van der Waals surface area contributed by atoms with Crippen LogP contribution in [0.1, 0.15) is 46.6 Å². The first-order valence-corrected chi connectivity index (χ1v) is 12.3. The fourth-order valence-corrected chi connectivity index (χ4v) is 3.93. The van der Waals surface area contributed by atoms with Crippen LogP contribution in [0.2, 0.25) is 0 Å². The number of sulfone groups is 1. The van der Waals surface area contributed by atoms with Gasteiger partial charge in [-0.05, 0) is 54.8 Å². The number of amides is 2. The van der Waals surface area contributed by atoms with Crippen molar-refractivity contribution >= 4 is 27.7 Å². The quantitative estimate of drug-likeness (QED) is 0.488. The number of furan rings is 1. The van der Waals surface area contributed by atoms with Crippen molar-refractivity contribution in [3.8, 4) is 0 Å². The van der Waals surface area contributed by atoms with Gasteiger partial charge in [-0.1, -0.05) is 37.3 Å². The first-order valence-electron chi connectivity index (χ1n) is 10.4. The predicted molar refractivity (Wildman–Crippen MR) is 126 cm³/mol. The molecule has 3 aromatic rings. The van der Waals surface area contributed by atoms with Gasteiger partial charge in [0.05, 0.1) is 17.2 Å². The summed E-state index contributed by atoms with van der Waals surface area (Å²) in [5.41, 5.74) is 2.02. The maximum Gasteiger partial charge on any atom is 0.268 e. The van der Waals surface area contributed by atoms with Gasteiger partial charge in [0, 0.05) is 17.9 Å². The summed E-state index contributed by atoms with van der Waals surface area (Å²) < 4.78 is 28.8. The fourth-order valence-electron chi connectivity index (χ4n) is 3.30. The van der Waals surface area contributed by atoms with Crippen molar-refractivity contribution in [3.05, 3.63) is 95.1 Å². The number of hydrogen-bond acceptors (Lipinski definition) is 5. The molecular formula is C25H26N2O5S. The van der Waals surface area contributed by atoms with Gasteiger partial charge in [-0.2, -0.15) is 0 Å². The lowest BCUT2D eigenvalue weighted by Crippen LogP contribution is -2.37. The number of aryl methyl sites for hydroxylation is 1.